The summed E-state index contributed by atoms with van der Waals surface area (Å²) in [5.41, 5.74) is 1.10. The molecule has 0 heterocycles. The number of hydrogen-bond donors (Lipinski definition) is 1. The fraction of sp³-hybridized carbons (Fsp3) is 0.357. The molecule has 0 amide bonds. The number of fused-ring (bicyclic) bond motifs is 1. The quantitative estimate of drug-likeness (QED) is 0.778. The van der Waals surface area contributed by atoms with Crippen molar-refractivity contribution in [3.05, 3.63) is 42.0 Å². The molecule has 1 aromatic carbocycles. The standard InChI is InChI=1S/C14H14O2/c15-13-8-9-14(16)11(6-7-12(13)14)10-4-2-1-3-5-10/h1-6,12,16H,7-9H2/t12-,14+/m1/s1. The summed E-state index contributed by atoms with van der Waals surface area (Å²) in [5, 5.41) is 10.6. The largest absolute Gasteiger partial charge is 0.384 e. The number of ketones is 1. The maximum absolute atomic E-state index is 11.6. The Morgan fingerprint density at radius 1 is 1.25 bits per heavy atom. The molecule has 2 heteroatoms. The molecule has 0 radical (unpaired) electrons. The minimum atomic E-state index is -0.890. The second-order valence-corrected chi connectivity index (χ2v) is 4.66. The first kappa shape index (κ1) is 9.79. The lowest BCUT2D eigenvalue weighted by atomic mass is 9.85. The zero-order valence-electron chi connectivity index (χ0n) is 9.02. The topological polar surface area (TPSA) is 37.3 Å². The normalized spacial score (nSPS) is 32.7. The van der Waals surface area contributed by atoms with Crippen molar-refractivity contribution in [3.63, 3.8) is 0 Å². The fourth-order valence-corrected chi connectivity index (χ4v) is 2.98. The predicted octanol–water partition coefficient (Wildman–Crippen LogP) is 2.18. The maximum Gasteiger partial charge on any atom is 0.139 e. The first-order chi connectivity index (χ1) is 7.72. The van der Waals surface area contributed by atoms with Crippen molar-refractivity contribution < 1.29 is 9.90 Å². The van der Waals surface area contributed by atoms with Crippen LogP contribution in [0, 0.1) is 5.92 Å². The van der Waals surface area contributed by atoms with E-state index in [0.29, 0.717) is 19.3 Å². The van der Waals surface area contributed by atoms with E-state index in [2.05, 4.69) is 0 Å². The van der Waals surface area contributed by atoms with Crippen LogP contribution in [0.2, 0.25) is 0 Å². The molecule has 0 aromatic heterocycles. The molecule has 0 spiro atoms. The highest BCUT2D eigenvalue weighted by Gasteiger charge is 2.51. The summed E-state index contributed by atoms with van der Waals surface area (Å²) < 4.78 is 0. The number of allylic oxidation sites excluding steroid dienone is 1. The van der Waals surface area contributed by atoms with Gasteiger partial charge < -0.3 is 5.11 Å². The third-order valence-corrected chi connectivity index (χ3v) is 3.83. The van der Waals surface area contributed by atoms with E-state index in [0.717, 1.165) is 11.1 Å². The average molecular weight is 214 g/mol. The van der Waals surface area contributed by atoms with Crippen LogP contribution >= 0.6 is 0 Å². The smallest absolute Gasteiger partial charge is 0.139 e. The van der Waals surface area contributed by atoms with Gasteiger partial charge in [-0.1, -0.05) is 36.4 Å². The Morgan fingerprint density at radius 2 is 2.00 bits per heavy atom. The molecule has 1 saturated carbocycles. The molecule has 2 aliphatic carbocycles. The summed E-state index contributed by atoms with van der Waals surface area (Å²) in [6.45, 7) is 0. The van der Waals surface area contributed by atoms with Crippen molar-refractivity contribution in [2.75, 3.05) is 0 Å². The highest BCUT2D eigenvalue weighted by Crippen LogP contribution is 2.49. The molecule has 1 N–H and O–H groups in total. The van der Waals surface area contributed by atoms with Crippen molar-refractivity contribution in [2.24, 2.45) is 5.92 Å². The third kappa shape index (κ3) is 1.20. The number of aliphatic hydroxyl groups is 1. The molecule has 16 heavy (non-hydrogen) atoms. The van der Waals surface area contributed by atoms with Gasteiger partial charge in [-0.15, -0.1) is 0 Å². The van der Waals surface area contributed by atoms with Crippen molar-refractivity contribution in [3.8, 4) is 0 Å². The lowest BCUT2D eigenvalue weighted by Gasteiger charge is -2.26. The van der Waals surface area contributed by atoms with Gasteiger partial charge in [0.15, 0.2) is 0 Å². The van der Waals surface area contributed by atoms with E-state index in [1.54, 1.807) is 0 Å². The minimum Gasteiger partial charge on any atom is -0.384 e. The van der Waals surface area contributed by atoms with Gasteiger partial charge >= 0.3 is 0 Å². The number of hydrogen-bond acceptors (Lipinski definition) is 2. The van der Waals surface area contributed by atoms with Crippen LogP contribution in [0.25, 0.3) is 5.57 Å². The van der Waals surface area contributed by atoms with Gasteiger partial charge in [0.1, 0.15) is 11.4 Å². The van der Waals surface area contributed by atoms with Gasteiger partial charge in [-0.05, 0) is 24.0 Å². The van der Waals surface area contributed by atoms with Crippen molar-refractivity contribution in [1.82, 2.24) is 0 Å². The summed E-state index contributed by atoms with van der Waals surface area (Å²) in [7, 11) is 0. The molecule has 1 fully saturated rings. The molecule has 2 aliphatic rings. The number of carbonyl (C=O) groups is 1. The van der Waals surface area contributed by atoms with Crippen LogP contribution in [0.3, 0.4) is 0 Å². The highest BCUT2D eigenvalue weighted by molar-refractivity contribution is 5.93. The Bertz CT molecular complexity index is 461. The average Bonchev–Trinajstić information content (AvgIpc) is 2.78. The molecule has 0 unspecified atom stereocenters. The van der Waals surface area contributed by atoms with Crippen LogP contribution < -0.4 is 0 Å². The minimum absolute atomic E-state index is 0.192. The van der Waals surface area contributed by atoms with Crippen LogP contribution in [-0.2, 0) is 4.79 Å². The molecule has 0 saturated heterocycles. The number of benzene rings is 1. The van der Waals surface area contributed by atoms with Gasteiger partial charge in [0.05, 0.1) is 5.92 Å². The van der Waals surface area contributed by atoms with Crippen molar-refractivity contribution in [1.29, 1.82) is 0 Å². The zero-order valence-corrected chi connectivity index (χ0v) is 9.02. The van der Waals surface area contributed by atoms with Gasteiger partial charge in [-0.3, -0.25) is 4.79 Å². The molecular weight excluding hydrogens is 200 g/mol. The van der Waals surface area contributed by atoms with E-state index in [4.69, 9.17) is 0 Å². The van der Waals surface area contributed by atoms with E-state index >= 15 is 0 Å². The van der Waals surface area contributed by atoms with Crippen LogP contribution in [0.4, 0.5) is 0 Å². The zero-order chi connectivity index (χ0) is 11.2. The third-order valence-electron chi connectivity index (χ3n) is 3.83. The summed E-state index contributed by atoms with van der Waals surface area (Å²) >= 11 is 0. The van der Waals surface area contributed by atoms with Gasteiger partial charge in [-0.25, -0.2) is 0 Å². The number of rotatable bonds is 1. The Hall–Kier alpha value is -1.41. The lowest BCUT2D eigenvalue weighted by molar-refractivity contribution is -0.122. The van der Waals surface area contributed by atoms with Gasteiger partial charge in [-0.2, -0.15) is 0 Å². The molecule has 82 valence electrons. The van der Waals surface area contributed by atoms with E-state index in [-0.39, 0.29) is 11.7 Å². The van der Waals surface area contributed by atoms with Crippen molar-refractivity contribution in [2.45, 2.75) is 24.9 Å². The summed E-state index contributed by atoms with van der Waals surface area (Å²) in [6, 6.07) is 9.87. The van der Waals surface area contributed by atoms with Gasteiger partial charge in [0.25, 0.3) is 0 Å². The predicted molar refractivity (Wildman–Crippen MR) is 61.7 cm³/mol. The molecule has 1 aromatic rings. The highest BCUT2D eigenvalue weighted by atomic mass is 16.3. The molecule has 0 bridgehead atoms. The van der Waals surface area contributed by atoms with Crippen LogP contribution in [-0.4, -0.2) is 16.5 Å². The number of Topliss-reactive ketones (excluding diaryl/α,β-unsaturated/α-hetero) is 1. The second kappa shape index (κ2) is 3.29. The Balaban J connectivity index is 2.03. The molecule has 3 rings (SSSR count). The molecular formula is C14H14O2. The summed E-state index contributed by atoms with van der Waals surface area (Å²) in [4.78, 5) is 11.6. The van der Waals surface area contributed by atoms with Gasteiger partial charge in [0, 0.05) is 6.42 Å². The fourth-order valence-electron chi connectivity index (χ4n) is 2.98. The Labute approximate surface area is 94.6 Å². The molecule has 2 atom stereocenters. The Kier molecular flexibility index (Phi) is 2.01. The maximum atomic E-state index is 11.6. The van der Waals surface area contributed by atoms with E-state index in [1.165, 1.54) is 0 Å². The Morgan fingerprint density at radius 3 is 2.75 bits per heavy atom. The monoisotopic (exact) mass is 214 g/mol. The van der Waals surface area contributed by atoms with Crippen LogP contribution in [0.1, 0.15) is 24.8 Å². The van der Waals surface area contributed by atoms with Crippen LogP contribution in [0.15, 0.2) is 36.4 Å². The first-order valence-corrected chi connectivity index (χ1v) is 5.73. The molecule has 0 aliphatic heterocycles. The second-order valence-electron chi connectivity index (χ2n) is 4.66. The molecule has 2 nitrogen and oxygen atoms in total. The van der Waals surface area contributed by atoms with E-state index in [1.807, 2.05) is 36.4 Å². The van der Waals surface area contributed by atoms with Crippen LogP contribution in [0.5, 0.6) is 0 Å². The van der Waals surface area contributed by atoms with E-state index in [9.17, 15) is 9.90 Å². The lowest BCUT2D eigenvalue weighted by Crippen LogP contribution is -2.32. The van der Waals surface area contributed by atoms with E-state index < -0.39 is 5.60 Å². The summed E-state index contributed by atoms with van der Waals surface area (Å²) in [5.74, 6) is 0.0207. The first-order valence-electron chi connectivity index (χ1n) is 5.73. The SMILES string of the molecule is O=C1CC[C@]2(O)C(c3ccccc3)=CC[C@H]12. The van der Waals surface area contributed by atoms with Crippen molar-refractivity contribution >= 4 is 11.4 Å². The van der Waals surface area contributed by atoms with Gasteiger partial charge in [0.2, 0.25) is 0 Å². The number of carbonyl (C=O) groups excluding carboxylic acids is 1. The summed E-state index contributed by atoms with van der Waals surface area (Å²) in [6.07, 6.45) is 3.82.